The van der Waals surface area contributed by atoms with Crippen LogP contribution in [0.3, 0.4) is 0 Å². The van der Waals surface area contributed by atoms with Crippen LogP contribution in [0.15, 0.2) is 33.2 Å². The first-order valence-corrected chi connectivity index (χ1v) is 11.2. The molecule has 0 fully saturated rings. The topological polar surface area (TPSA) is 154 Å². The number of hydrogen-bond acceptors (Lipinski definition) is 9. The van der Waals surface area contributed by atoms with Gasteiger partial charge < -0.3 is 9.57 Å². The molecule has 0 spiro atoms. The van der Waals surface area contributed by atoms with E-state index in [9.17, 15) is 29.8 Å². The van der Waals surface area contributed by atoms with E-state index in [1.54, 1.807) is 0 Å². The van der Waals surface area contributed by atoms with Crippen LogP contribution in [-0.2, 0) is 9.57 Å². The maximum absolute atomic E-state index is 12.9. The fourth-order valence-electron chi connectivity index (χ4n) is 2.41. The van der Waals surface area contributed by atoms with Crippen molar-refractivity contribution in [2.24, 2.45) is 0 Å². The summed E-state index contributed by atoms with van der Waals surface area (Å²) in [6, 6.07) is 4.86. The van der Waals surface area contributed by atoms with Gasteiger partial charge in [-0.1, -0.05) is 23.2 Å². The number of halogens is 4. The monoisotopic (exact) mass is 642 g/mol. The highest BCUT2D eigenvalue weighted by molar-refractivity contribution is 9.10. The zero-order chi connectivity index (χ0) is 26.0. The molecule has 16 heteroatoms. The lowest BCUT2D eigenvalue weighted by atomic mass is 10.2. The number of nitro groups is 2. The third-order valence-electron chi connectivity index (χ3n) is 3.73. The predicted molar refractivity (Wildman–Crippen MR) is 130 cm³/mol. The van der Waals surface area contributed by atoms with Gasteiger partial charge in [0, 0.05) is 8.95 Å². The molecule has 0 bridgehead atoms. The number of nitro benzene ring substituents is 2. The molecule has 0 unspecified atom stereocenters. The first-order chi connectivity index (χ1) is 15.7. The van der Waals surface area contributed by atoms with Crippen LogP contribution >= 0.6 is 55.1 Å². The summed E-state index contributed by atoms with van der Waals surface area (Å²) in [6.45, 7) is 4.51. The number of nitrogens with zero attached hydrogens (tertiary/aromatic N) is 3. The van der Waals surface area contributed by atoms with Gasteiger partial charge in [0.25, 0.3) is 0 Å². The summed E-state index contributed by atoms with van der Waals surface area (Å²) >= 11 is 18.0. The molecular weight excluding hydrogens is 631 g/mol. The standard InChI is InChI=1S/C18H14Br2Cl2N4O8/c1-18(2,3)33-16(27)24(11-7-5-9(20)13(22)15(11)26(31)32)17(28)34-23-10-6-4-8(19)12(21)14(10)25(29)30/h4-7,23H,1-3H3. The van der Waals surface area contributed by atoms with Gasteiger partial charge in [-0.3, -0.25) is 20.2 Å². The van der Waals surface area contributed by atoms with Crippen molar-refractivity contribution in [1.82, 2.24) is 0 Å². The van der Waals surface area contributed by atoms with E-state index in [1.807, 2.05) is 5.48 Å². The van der Waals surface area contributed by atoms with Gasteiger partial charge in [0.1, 0.15) is 21.3 Å². The van der Waals surface area contributed by atoms with Crippen molar-refractivity contribution in [3.63, 3.8) is 0 Å². The second-order valence-electron chi connectivity index (χ2n) is 7.29. The number of ether oxygens (including phenoxy) is 1. The molecule has 0 heterocycles. The van der Waals surface area contributed by atoms with Crippen LogP contribution in [0.2, 0.25) is 10.0 Å². The summed E-state index contributed by atoms with van der Waals surface area (Å²) in [5.74, 6) is 0. The van der Waals surface area contributed by atoms with E-state index in [0.29, 0.717) is 0 Å². The molecule has 0 aromatic heterocycles. The first kappa shape index (κ1) is 27.6. The summed E-state index contributed by atoms with van der Waals surface area (Å²) in [7, 11) is 0. The van der Waals surface area contributed by atoms with E-state index in [2.05, 4.69) is 31.9 Å². The molecule has 1 N–H and O–H groups in total. The van der Waals surface area contributed by atoms with E-state index in [1.165, 1.54) is 39.0 Å². The van der Waals surface area contributed by atoms with Gasteiger partial charge in [0.05, 0.1) is 9.85 Å². The Morgan fingerprint density at radius 1 is 0.941 bits per heavy atom. The number of imide groups is 1. The average Bonchev–Trinajstić information content (AvgIpc) is 2.69. The fraction of sp³-hybridized carbons (Fsp3) is 0.222. The van der Waals surface area contributed by atoms with Crippen molar-refractivity contribution in [3.8, 4) is 0 Å². The van der Waals surface area contributed by atoms with E-state index >= 15 is 0 Å². The molecule has 0 saturated heterocycles. The van der Waals surface area contributed by atoms with Gasteiger partial charge in [-0.05, 0) is 76.9 Å². The zero-order valence-electron chi connectivity index (χ0n) is 17.4. The maximum Gasteiger partial charge on any atom is 0.448 e. The van der Waals surface area contributed by atoms with E-state index in [-0.39, 0.29) is 24.6 Å². The summed E-state index contributed by atoms with van der Waals surface area (Å²) in [5.41, 5.74) is -1.39. The van der Waals surface area contributed by atoms with Crippen molar-refractivity contribution in [2.45, 2.75) is 26.4 Å². The Morgan fingerprint density at radius 3 is 1.94 bits per heavy atom. The van der Waals surface area contributed by atoms with Gasteiger partial charge in [-0.25, -0.2) is 15.1 Å². The van der Waals surface area contributed by atoms with Crippen LogP contribution in [0.25, 0.3) is 0 Å². The number of hydrogen-bond donors (Lipinski definition) is 1. The highest BCUT2D eigenvalue weighted by Crippen LogP contribution is 2.41. The Kier molecular flexibility index (Phi) is 8.69. The molecule has 0 radical (unpaired) electrons. The highest BCUT2D eigenvalue weighted by atomic mass is 79.9. The molecule has 2 aromatic carbocycles. The van der Waals surface area contributed by atoms with Crippen molar-refractivity contribution in [3.05, 3.63) is 63.5 Å². The van der Waals surface area contributed by atoms with Gasteiger partial charge in [0.2, 0.25) is 0 Å². The Labute approximate surface area is 218 Å². The number of rotatable bonds is 5. The predicted octanol–water partition coefficient (Wildman–Crippen LogP) is 7.24. The Balaban J connectivity index is 2.53. The van der Waals surface area contributed by atoms with E-state index < -0.39 is 49.7 Å². The number of benzene rings is 2. The molecule has 34 heavy (non-hydrogen) atoms. The largest absolute Gasteiger partial charge is 0.448 e. The normalized spacial score (nSPS) is 10.9. The SMILES string of the molecule is CC(C)(C)OC(=O)N(C(=O)ONc1ccc(Br)c(Cl)c1[N+](=O)[O-])c1ccc(Br)c(Cl)c1[N+](=O)[O-]. The average molecular weight is 645 g/mol. The zero-order valence-corrected chi connectivity index (χ0v) is 22.1. The van der Waals surface area contributed by atoms with Gasteiger partial charge in [0.15, 0.2) is 5.69 Å². The van der Waals surface area contributed by atoms with Crippen molar-refractivity contribution in [2.75, 3.05) is 10.4 Å². The Hall–Kier alpha value is -2.68. The van der Waals surface area contributed by atoms with E-state index in [4.69, 9.17) is 32.8 Å². The second kappa shape index (κ2) is 10.7. The molecular formula is C18H14Br2Cl2N4O8. The number of amides is 2. The Bertz CT molecular complexity index is 1190. The molecule has 2 amide bonds. The lowest BCUT2D eigenvalue weighted by Gasteiger charge is -2.25. The molecule has 2 rings (SSSR count). The minimum atomic E-state index is -1.51. The second-order valence-corrected chi connectivity index (χ2v) is 9.75. The minimum Gasteiger partial charge on any atom is -0.443 e. The van der Waals surface area contributed by atoms with Crippen molar-refractivity contribution < 1.29 is 29.0 Å². The molecule has 0 atom stereocenters. The lowest BCUT2D eigenvalue weighted by Crippen LogP contribution is -2.42. The lowest BCUT2D eigenvalue weighted by molar-refractivity contribution is -0.384. The van der Waals surface area contributed by atoms with Crippen LogP contribution in [0.1, 0.15) is 20.8 Å². The quantitative estimate of drug-likeness (QED) is 0.262. The number of nitrogens with one attached hydrogen (secondary N) is 1. The molecule has 12 nitrogen and oxygen atoms in total. The minimum absolute atomic E-state index is 0.125. The maximum atomic E-state index is 12.9. The van der Waals surface area contributed by atoms with Crippen molar-refractivity contribution >= 4 is 90.0 Å². The summed E-state index contributed by atoms with van der Waals surface area (Å²) in [6.07, 6.45) is -2.84. The summed E-state index contributed by atoms with van der Waals surface area (Å²) in [5, 5.41) is 22.4. The van der Waals surface area contributed by atoms with Crippen LogP contribution in [-0.4, -0.2) is 27.6 Å². The molecule has 0 saturated carbocycles. The van der Waals surface area contributed by atoms with Crippen LogP contribution in [0, 0.1) is 20.2 Å². The molecule has 0 aliphatic heterocycles. The van der Waals surface area contributed by atoms with Gasteiger partial charge >= 0.3 is 23.6 Å². The molecule has 0 aliphatic carbocycles. The van der Waals surface area contributed by atoms with Gasteiger partial charge in [-0.2, -0.15) is 4.90 Å². The number of carbonyl (C=O) groups excluding carboxylic acids is 2. The molecule has 0 aliphatic rings. The first-order valence-electron chi connectivity index (χ1n) is 8.90. The van der Waals surface area contributed by atoms with Gasteiger partial charge in [-0.15, -0.1) is 0 Å². The molecule has 2 aromatic rings. The van der Waals surface area contributed by atoms with Crippen LogP contribution in [0.5, 0.6) is 0 Å². The highest BCUT2D eigenvalue weighted by Gasteiger charge is 2.37. The smallest absolute Gasteiger partial charge is 0.443 e. The third-order valence-corrected chi connectivity index (χ3v) is 6.27. The number of anilines is 2. The Morgan fingerprint density at radius 2 is 1.44 bits per heavy atom. The summed E-state index contributed by atoms with van der Waals surface area (Å²) in [4.78, 5) is 52.1. The van der Waals surface area contributed by atoms with Crippen molar-refractivity contribution in [1.29, 1.82) is 0 Å². The van der Waals surface area contributed by atoms with Crippen LogP contribution in [0.4, 0.5) is 32.3 Å². The van der Waals surface area contributed by atoms with Crippen LogP contribution < -0.4 is 10.4 Å². The third kappa shape index (κ3) is 6.25. The number of carbonyl (C=O) groups is 2. The summed E-state index contributed by atoms with van der Waals surface area (Å²) < 4.78 is 5.50. The molecule has 182 valence electrons. The fourth-order valence-corrected chi connectivity index (χ4v) is 3.51. The van der Waals surface area contributed by atoms with E-state index in [0.717, 1.165) is 6.07 Å².